The van der Waals surface area contributed by atoms with E-state index in [2.05, 4.69) is 29.0 Å². The third kappa shape index (κ3) is 2.32. The van der Waals surface area contributed by atoms with Crippen LogP contribution in [0.3, 0.4) is 0 Å². The van der Waals surface area contributed by atoms with Crippen LogP contribution < -0.4 is 10.2 Å². The highest BCUT2D eigenvalue weighted by molar-refractivity contribution is 5.95. The number of hydrogen-bond donors (Lipinski definition) is 1. The number of anilines is 2. The van der Waals surface area contributed by atoms with Crippen LogP contribution in [0.1, 0.15) is 20.3 Å². The lowest BCUT2D eigenvalue weighted by atomic mass is 10.2. The molecule has 2 heterocycles. The number of nitrogens with one attached hydrogen (secondary N) is 1. The van der Waals surface area contributed by atoms with Gasteiger partial charge in [-0.1, -0.05) is 13.8 Å². The Hall–Kier alpha value is -1.58. The topological polar surface area (TPSA) is 45.2 Å². The van der Waals surface area contributed by atoms with E-state index in [0.29, 0.717) is 12.3 Å². The zero-order chi connectivity index (χ0) is 11.5. The third-order valence-electron chi connectivity index (χ3n) is 2.61. The van der Waals surface area contributed by atoms with Gasteiger partial charge in [-0.15, -0.1) is 0 Å². The number of fused-ring (bicyclic) bond motifs is 1. The van der Waals surface area contributed by atoms with Crippen molar-refractivity contribution >= 4 is 17.3 Å². The van der Waals surface area contributed by atoms with Gasteiger partial charge in [0.1, 0.15) is 0 Å². The first-order valence-electron chi connectivity index (χ1n) is 5.65. The largest absolute Gasteiger partial charge is 0.369 e. The first-order chi connectivity index (χ1) is 7.66. The number of hydrogen-bond acceptors (Lipinski definition) is 3. The van der Waals surface area contributed by atoms with E-state index in [1.54, 1.807) is 12.4 Å². The van der Waals surface area contributed by atoms with Gasteiger partial charge in [-0.05, 0) is 12.0 Å². The normalized spacial score (nSPS) is 15.7. The number of carbonyl (C=O) groups excluding carboxylic acids is 1. The maximum atomic E-state index is 11.5. The molecule has 1 aliphatic rings. The Morgan fingerprint density at radius 2 is 2.38 bits per heavy atom. The molecular weight excluding hydrogens is 202 g/mol. The van der Waals surface area contributed by atoms with Gasteiger partial charge in [0.15, 0.2) is 0 Å². The predicted molar refractivity (Wildman–Crippen MR) is 64.5 cm³/mol. The number of carbonyl (C=O) groups is 1. The van der Waals surface area contributed by atoms with Crippen molar-refractivity contribution in [3.05, 3.63) is 18.5 Å². The fourth-order valence-corrected chi connectivity index (χ4v) is 1.96. The molecule has 1 aromatic heterocycles. The summed E-state index contributed by atoms with van der Waals surface area (Å²) in [5.41, 5.74) is 1.90. The molecular formula is C12H17N3O. The number of amides is 1. The van der Waals surface area contributed by atoms with Crippen molar-refractivity contribution in [3.8, 4) is 0 Å². The standard InChI is InChI=1S/C12H17N3O/c1-9(2)8-15-6-4-12(16)14-10-7-13-5-3-11(10)15/h3,5,7,9H,4,6,8H2,1-2H3,(H,14,16). The summed E-state index contributed by atoms with van der Waals surface area (Å²) in [5, 5.41) is 2.88. The van der Waals surface area contributed by atoms with E-state index in [1.165, 1.54) is 0 Å². The summed E-state index contributed by atoms with van der Waals surface area (Å²) in [6.07, 6.45) is 4.02. The number of rotatable bonds is 2. The van der Waals surface area contributed by atoms with E-state index >= 15 is 0 Å². The molecule has 0 saturated heterocycles. The van der Waals surface area contributed by atoms with Crippen molar-refractivity contribution in [2.45, 2.75) is 20.3 Å². The fourth-order valence-electron chi connectivity index (χ4n) is 1.96. The van der Waals surface area contributed by atoms with Crippen LogP contribution in [0.15, 0.2) is 18.5 Å². The van der Waals surface area contributed by atoms with Crippen LogP contribution in [0.5, 0.6) is 0 Å². The van der Waals surface area contributed by atoms with Gasteiger partial charge in [0, 0.05) is 25.7 Å². The van der Waals surface area contributed by atoms with E-state index < -0.39 is 0 Å². The van der Waals surface area contributed by atoms with E-state index in [1.807, 2.05) is 6.07 Å². The maximum absolute atomic E-state index is 11.5. The Morgan fingerprint density at radius 1 is 1.56 bits per heavy atom. The Labute approximate surface area is 95.7 Å². The number of aromatic nitrogens is 1. The van der Waals surface area contributed by atoms with E-state index in [9.17, 15) is 4.79 Å². The first-order valence-corrected chi connectivity index (χ1v) is 5.65. The van der Waals surface area contributed by atoms with Crippen LogP contribution >= 0.6 is 0 Å². The van der Waals surface area contributed by atoms with Crippen molar-refractivity contribution in [3.63, 3.8) is 0 Å². The highest BCUT2D eigenvalue weighted by Gasteiger charge is 2.19. The second-order valence-electron chi connectivity index (χ2n) is 4.53. The minimum atomic E-state index is 0.0699. The second-order valence-corrected chi connectivity index (χ2v) is 4.53. The molecule has 0 aromatic carbocycles. The summed E-state index contributed by atoms with van der Waals surface area (Å²) in [6.45, 7) is 6.11. The number of nitrogens with zero attached hydrogens (tertiary/aromatic N) is 2. The Balaban J connectivity index is 2.30. The molecule has 0 bridgehead atoms. The fraction of sp³-hybridized carbons (Fsp3) is 0.500. The molecule has 0 aliphatic carbocycles. The van der Waals surface area contributed by atoms with Crippen LogP contribution in [-0.2, 0) is 4.79 Å². The van der Waals surface area contributed by atoms with Crippen molar-refractivity contribution in [2.24, 2.45) is 5.92 Å². The van der Waals surface area contributed by atoms with E-state index in [-0.39, 0.29) is 5.91 Å². The van der Waals surface area contributed by atoms with E-state index in [4.69, 9.17) is 0 Å². The zero-order valence-electron chi connectivity index (χ0n) is 9.73. The van der Waals surface area contributed by atoms with E-state index in [0.717, 1.165) is 24.5 Å². The van der Waals surface area contributed by atoms with Crippen LogP contribution in [0.2, 0.25) is 0 Å². The summed E-state index contributed by atoms with van der Waals surface area (Å²) >= 11 is 0. The summed E-state index contributed by atoms with van der Waals surface area (Å²) in [7, 11) is 0. The molecule has 1 aliphatic heterocycles. The molecule has 0 fully saturated rings. The van der Waals surface area contributed by atoms with Crippen molar-refractivity contribution in [1.82, 2.24) is 4.98 Å². The lowest BCUT2D eigenvalue weighted by Crippen LogP contribution is -2.28. The lowest BCUT2D eigenvalue weighted by Gasteiger charge is -2.25. The molecule has 0 saturated carbocycles. The monoisotopic (exact) mass is 219 g/mol. The van der Waals surface area contributed by atoms with Crippen molar-refractivity contribution in [2.75, 3.05) is 23.3 Å². The Bertz CT molecular complexity index is 390. The minimum Gasteiger partial charge on any atom is -0.369 e. The molecule has 0 unspecified atom stereocenters. The van der Waals surface area contributed by atoms with Gasteiger partial charge in [-0.2, -0.15) is 0 Å². The molecule has 0 radical (unpaired) electrons. The van der Waals surface area contributed by atoms with Gasteiger partial charge in [-0.25, -0.2) is 0 Å². The molecule has 16 heavy (non-hydrogen) atoms. The quantitative estimate of drug-likeness (QED) is 0.826. The van der Waals surface area contributed by atoms with Crippen molar-refractivity contribution in [1.29, 1.82) is 0 Å². The minimum absolute atomic E-state index is 0.0699. The van der Waals surface area contributed by atoms with Gasteiger partial charge >= 0.3 is 0 Å². The van der Waals surface area contributed by atoms with Gasteiger partial charge in [0.25, 0.3) is 0 Å². The average Bonchev–Trinajstić information content (AvgIpc) is 2.38. The maximum Gasteiger partial charge on any atom is 0.226 e. The zero-order valence-corrected chi connectivity index (χ0v) is 9.73. The molecule has 4 heteroatoms. The van der Waals surface area contributed by atoms with Crippen LogP contribution in [0.25, 0.3) is 0 Å². The van der Waals surface area contributed by atoms with Crippen molar-refractivity contribution < 1.29 is 4.79 Å². The molecule has 2 rings (SSSR count). The predicted octanol–water partition coefficient (Wildman–Crippen LogP) is 1.89. The van der Waals surface area contributed by atoms with Crippen LogP contribution in [0, 0.1) is 5.92 Å². The van der Waals surface area contributed by atoms with Crippen LogP contribution in [0.4, 0.5) is 11.4 Å². The highest BCUT2D eigenvalue weighted by atomic mass is 16.1. The molecule has 1 amide bonds. The van der Waals surface area contributed by atoms with Crippen LogP contribution in [-0.4, -0.2) is 24.0 Å². The first kappa shape index (κ1) is 10.9. The molecule has 0 spiro atoms. The summed E-state index contributed by atoms with van der Waals surface area (Å²) in [5.74, 6) is 0.648. The molecule has 4 nitrogen and oxygen atoms in total. The highest BCUT2D eigenvalue weighted by Crippen LogP contribution is 2.27. The summed E-state index contributed by atoms with van der Waals surface area (Å²) < 4.78 is 0. The SMILES string of the molecule is CC(C)CN1CCC(=O)Nc2cnccc21. The molecule has 1 N–H and O–H groups in total. The summed E-state index contributed by atoms with van der Waals surface area (Å²) in [4.78, 5) is 17.8. The average molecular weight is 219 g/mol. The lowest BCUT2D eigenvalue weighted by molar-refractivity contribution is -0.115. The van der Waals surface area contributed by atoms with Gasteiger partial charge in [0.2, 0.25) is 5.91 Å². The summed E-state index contributed by atoms with van der Waals surface area (Å²) in [6, 6.07) is 1.96. The molecule has 1 aromatic rings. The Kier molecular flexibility index (Phi) is 3.08. The van der Waals surface area contributed by atoms with Gasteiger partial charge in [-0.3, -0.25) is 9.78 Å². The smallest absolute Gasteiger partial charge is 0.226 e. The second kappa shape index (κ2) is 4.51. The third-order valence-corrected chi connectivity index (χ3v) is 2.61. The Morgan fingerprint density at radius 3 is 3.12 bits per heavy atom. The van der Waals surface area contributed by atoms with Gasteiger partial charge < -0.3 is 10.2 Å². The van der Waals surface area contributed by atoms with Gasteiger partial charge in [0.05, 0.1) is 17.6 Å². The number of pyridine rings is 1. The molecule has 86 valence electrons. The molecule has 0 atom stereocenters.